The van der Waals surface area contributed by atoms with Crippen molar-refractivity contribution in [3.8, 4) is 0 Å². The molecule has 1 fully saturated rings. The van der Waals surface area contributed by atoms with E-state index in [1.807, 2.05) is 0 Å². The van der Waals surface area contributed by atoms with Crippen molar-refractivity contribution >= 4 is 19.3 Å². The first-order valence-corrected chi connectivity index (χ1v) is 2.95. The Bertz CT molecular complexity index is 199. The molecule has 9 heteroatoms. The van der Waals surface area contributed by atoms with Crippen LogP contribution in [0.5, 0.6) is 0 Å². The Kier molecular flexibility index (Phi) is 4.46. The molecule has 0 saturated carbocycles. The summed E-state index contributed by atoms with van der Waals surface area (Å²) in [5.41, 5.74) is 0. The minimum absolute atomic E-state index is 0. The third-order valence-corrected chi connectivity index (χ3v) is 1.21. The van der Waals surface area contributed by atoms with Gasteiger partial charge in [0.25, 0.3) is 0 Å². The summed E-state index contributed by atoms with van der Waals surface area (Å²) in [4.78, 5) is 21.0. The van der Waals surface area contributed by atoms with E-state index in [0.717, 1.165) is 0 Å². The van der Waals surface area contributed by atoms with Gasteiger partial charge in [0.2, 0.25) is 0 Å². The molecule has 1 rings (SSSR count). The smallest absolute Gasteiger partial charge is 0.808 e. The summed E-state index contributed by atoms with van der Waals surface area (Å²) in [6.45, 7) is 0. The van der Waals surface area contributed by atoms with Gasteiger partial charge in [-0.25, -0.2) is 0 Å². The zero-order valence-electron chi connectivity index (χ0n) is 6.67. The van der Waals surface area contributed by atoms with Crippen molar-refractivity contribution in [2.24, 2.45) is 0 Å². The molecule has 2 atom stereocenters. The summed E-state index contributed by atoms with van der Waals surface area (Å²) in [7, 11) is -2.32. The Balaban J connectivity index is 0.00000144. The van der Waals surface area contributed by atoms with Crippen LogP contribution in [0.1, 0.15) is 0 Å². The maximum absolute atomic E-state index is 10.5. The summed E-state index contributed by atoms with van der Waals surface area (Å²) < 4.78 is 7.63. The normalized spacial score (nSPS) is 28.4. The minimum atomic E-state index is -2.32. The van der Waals surface area contributed by atoms with Crippen LogP contribution in [0, 0.1) is 0 Å². The van der Waals surface area contributed by atoms with Crippen LogP contribution in [0.4, 0.5) is 0 Å². The maximum atomic E-state index is 10.5. The second-order valence-corrected chi connectivity index (χ2v) is 2.05. The van der Waals surface area contributed by atoms with E-state index in [9.17, 15) is 14.6 Å². The van der Waals surface area contributed by atoms with Gasteiger partial charge in [0.15, 0.2) is 12.2 Å². The molecule has 0 aromatic heterocycles. The van der Waals surface area contributed by atoms with Gasteiger partial charge in [-0.05, 0) is 0 Å². The first kappa shape index (κ1) is 12.5. The molecule has 0 radical (unpaired) electrons. The van der Waals surface area contributed by atoms with Gasteiger partial charge in [0, 0.05) is 0 Å². The molecule has 0 spiro atoms. The van der Waals surface area contributed by atoms with E-state index in [2.05, 4.69) is 9.31 Å². The van der Waals surface area contributed by atoms with Gasteiger partial charge in [0.1, 0.15) is 0 Å². The molecule has 0 amide bonds. The van der Waals surface area contributed by atoms with Crippen LogP contribution in [-0.2, 0) is 18.9 Å². The molecule has 7 nitrogen and oxygen atoms in total. The van der Waals surface area contributed by atoms with Crippen LogP contribution in [0.25, 0.3) is 0 Å². The topological polar surface area (TPSA) is 116 Å². The molecule has 2 N–H and O–H groups in total. The van der Waals surface area contributed by atoms with Crippen LogP contribution in [0.2, 0.25) is 0 Å². The van der Waals surface area contributed by atoms with Gasteiger partial charge in [-0.2, -0.15) is 0 Å². The molecular weight excluding hydrogens is 178 g/mol. The van der Waals surface area contributed by atoms with Gasteiger partial charge < -0.3 is 24.5 Å². The summed E-state index contributed by atoms with van der Waals surface area (Å²) >= 11 is 0. The maximum Gasteiger partial charge on any atom is 1.00 e. The molecule has 1 heterocycles. The second-order valence-electron chi connectivity index (χ2n) is 2.05. The molecule has 2 unspecified atom stereocenters. The van der Waals surface area contributed by atoms with Crippen molar-refractivity contribution in [3.05, 3.63) is 0 Å². The number of hydrogen-bond donors (Lipinski definition) is 2. The van der Waals surface area contributed by atoms with Gasteiger partial charge >= 0.3 is 38.1 Å². The third-order valence-electron chi connectivity index (χ3n) is 1.21. The SMILES string of the molecule is O=C1OB([O-])OC(=O)C(O)C1O.[Li+]. The number of aliphatic hydroxyl groups excluding tert-OH is 2. The largest absolute Gasteiger partial charge is 1.00 e. The zero-order valence-corrected chi connectivity index (χ0v) is 6.67. The molecule has 1 saturated heterocycles. The third kappa shape index (κ3) is 2.72. The van der Waals surface area contributed by atoms with Crippen LogP contribution in [-0.4, -0.2) is 41.7 Å². The van der Waals surface area contributed by atoms with E-state index in [1.54, 1.807) is 0 Å². The first-order chi connectivity index (χ1) is 5.52. The van der Waals surface area contributed by atoms with Gasteiger partial charge in [-0.15, -0.1) is 0 Å². The molecule has 1 aliphatic rings. The zero-order chi connectivity index (χ0) is 9.30. The predicted octanol–water partition coefficient (Wildman–Crippen LogP) is -6.84. The van der Waals surface area contributed by atoms with Crippen LogP contribution < -0.4 is 23.9 Å². The molecule has 1 aliphatic heterocycles. The van der Waals surface area contributed by atoms with E-state index >= 15 is 0 Å². The predicted molar refractivity (Wildman–Crippen MR) is 30.0 cm³/mol. The van der Waals surface area contributed by atoms with E-state index in [0.29, 0.717) is 0 Å². The van der Waals surface area contributed by atoms with E-state index in [4.69, 9.17) is 10.2 Å². The van der Waals surface area contributed by atoms with Gasteiger partial charge in [-0.3, -0.25) is 9.59 Å². The monoisotopic (exact) mass is 182 g/mol. The fourth-order valence-electron chi connectivity index (χ4n) is 0.611. The Morgan fingerprint density at radius 3 is 1.77 bits per heavy atom. The van der Waals surface area contributed by atoms with Crippen molar-refractivity contribution in [3.63, 3.8) is 0 Å². The molecule has 0 aliphatic carbocycles. The van der Waals surface area contributed by atoms with Crippen molar-refractivity contribution in [1.82, 2.24) is 0 Å². The van der Waals surface area contributed by atoms with E-state index in [1.165, 1.54) is 0 Å². The molecule has 0 aromatic rings. The fourth-order valence-corrected chi connectivity index (χ4v) is 0.611. The van der Waals surface area contributed by atoms with Crippen LogP contribution in [0.3, 0.4) is 0 Å². The Labute approximate surface area is 85.0 Å². The summed E-state index contributed by atoms with van der Waals surface area (Å²) in [5, 5.41) is 27.9. The minimum Gasteiger partial charge on any atom is -0.808 e. The van der Waals surface area contributed by atoms with Gasteiger partial charge in [-0.1, -0.05) is 0 Å². The summed E-state index contributed by atoms with van der Waals surface area (Å²) in [6.07, 6.45) is -4.12. The summed E-state index contributed by atoms with van der Waals surface area (Å²) in [5.74, 6) is -2.76. The summed E-state index contributed by atoms with van der Waals surface area (Å²) in [6, 6.07) is 0. The quantitative estimate of drug-likeness (QED) is 0.357. The molecule has 66 valence electrons. The number of aliphatic hydroxyl groups is 2. The Hall–Kier alpha value is -0.518. The van der Waals surface area contributed by atoms with E-state index < -0.39 is 31.5 Å². The molecule has 0 aromatic carbocycles. The second kappa shape index (κ2) is 4.64. The Morgan fingerprint density at radius 1 is 1.15 bits per heavy atom. The van der Waals surface area contributed by atoms with Crippen molar-refractivity contribution in [2.45, 2.75) is 12.2 Å². The number of rotatable bonds is 0. The Morgan fingerprint density at radius 2 is 1.46 bits per heavy atom. The van der Waals surface area contributed by atoms with Crippen molar-refractivity contribution in [2.75, 3.05) is 0 Å². The van der Waals surface area contributed by atoms with Gasteiger partial charge in [0.05, 0.1) is 0 Å². The standard InChI is InChI=1S/C4H4BO7.Li/c6-1-2(7)4(9)12-5(10)11-3(1)8;/h1-2,6-7H;/q-1;+1. The van der Waals surface area contributed by atoms with E-state index in [-0.39, 0.29) is 18.9 Å². The molecule has 0 bridgehead atoms. The van der Waals surface area contributed by atoms with Crippen LogP contribution >= 0.6 is 0 Å². The number of carbonyl (C=O) groups is 2. The fraction of sp³-hybridized carbons (Fsp3) is 0.500. The first-order valence-electron chi connectivity index (χ1n) is 2.95. The number of carbonyl (C=O) groups excluding carboxylic acids is 2. The average Bonchev–Trinajstić information content (AvgIpc) is 2.05. The number of hydrogen-bond acceptors (Lipinski definition) is 7. The molecular formula is C4H4BLiO7. The molecule has 13 heavy (non-hydrogen) atoms. The van der Waals surface area contributed by atoms with Crippen molar-refractivity contribution in [1.29, 1.82) is 0 Å². The average molecular weight is 182 g/mol. The van der Waals surface area contributed by atoms with Crippen molar-refractivity contribution < 1.29 is 53.0 Å². The van der Waals surface area contributed by atoms with Crippen LogP contribution in [0.15, 0.2) is 0 Å².